The van der Waals surface area contributed by atoms with Crippen LogP contribution in [0.2, 0.25) is 5.02 Å². The zero-order valence-electron chi connectivity index (χ0n) is 8.23. The zero-order chi connectivity index (χ0) is 11.4. The van der Waals surface area contributed by atoms with Crippen molar-refractivity contribution in [3.8, 4) is 6.01 Å². The summed E-state index contributed by atoms with van der Waals surface area (Å²) >= 11 is 9.03. The molecule has 1 heterocycles. The van der Waals surface area contributed by atoms with Gasteiger partial charge >= 0.3 is 6.01 Å². The molecule has 0 N–H and O–H groups in total. The van der Waals surface area contributed by atoms with Gasteiger partial charge in [-0.05, 0) is 33.6 Å². The van der Waals surface area contributed by atoms with Crippen LogP contribution in [0.15, 0.2) is 41.1 Å². The van der Waals surface area contributed by atoms with Crippen molar-refractivity contribution in [2.75, 3.05) is 0 Å². The molecule has 0 fully saturated rings. The molecule has 2 rings (SSSR count). The number of halogens is 2. The Morgan fingerprint density at radius 3 is 2.38 bits per heavy atom. The third-order valence-corrected chi connectivity index (χ3v) is 2.54. The predicted octanol–water partition coefficient (Wildman–Crippen LogP) is 3.47. The molecule has 0 saturated heterocycles. The number of aromatic nitrogens is 2. The fourth-order valence-electron chi connectivity index (χ4n) is 1.10. The molecule has 1 aromatic heterocycles. The molecule has 0 aliphatic carbocycles. The predicted molar refractivity (Wildman–Crippen MR) is 65.5 cm³/mol. The van der Waals surface area contributed by atoms with Gasteiger partial charge in [-0.1, -0.05) is 23.7 Å². The van der Waals surface area contributed by atoms with Gasteiger partial charge in [0, 0.05) is 17.4 Å². The summed E-state index contributed by atoms with van der Waals surface area (Å²) < 4.78 is 6.23. The van der Waals surface area contributed by atoms with Crippen molar-refractivity contribution in [1.29, 1.82) is 0 Å². The number of hydrogen-bond donors (Lipinski definition) is 0. The number of nitrogens with zero attached hydrogens (tertiary/aromatic N) is 2. The summed E-state index contributed by atoms with van der Waals surface area (Å²) in [6.07, 6.45) is 3.29. The summed E-state index contributed by atoms with van der Waals surface area (Å²) in [6.45, 7) is 0.429. The van der Waals surface area contributed by atoms with Crippen LogP contribution in [0.4, 0.5) is 0 Å². The molecular weight excluding hydrogens is 291 g/mol. The van der Waals surface area contributed by atoms with Gasteiger partial charge in [0.05, 0.1) is 4.47 Å². The van der Waals surface area contributed by atoms with Crippen molar-refractivity contribution in [2.24, 2.45) is 0 Å². The summed E-state index contributed by atoms with van der Waals surface area (Å²) in [5.74, 6) is 0. The average molecular weight is 300 g/mol. The first-order valence-corrected chi connectivity index (χ1v) is 5.76. The van der Waals surface area contributed by atoms with E-state index in [0.717, 1.165) is 10.0 Å². The summed E-state index contributed by atoms with van der Waals surface area (Å²) in [5.41, 5.74) is 1.02. The molecule has 1 aromatic carbocycles. The van der Waals surface area contributed by atoms with E-state index in [2.05, 4.69) is 25.9 Å². The lowest BCUT2D eigenvalue weighted by molar-refractivity contribution is 0.280. The maximum absolute atomic E-state index is 5.78. The van der Waals surface area contributed by atoms with Crippen molar-refractivity contribution in [2.45, 2.75) is 6.61 Å². The minimum absolute atomic E-state index is 0.359. The molecule has 0 unspecified atom stereocenters. The largest absolute Gasteiger partial charge is 0.459 e. The third kappa shape index (κ3) is 3.18. The Hall–Kier alpha value is -1.13. The van der Waals surface area contributed by atoms with Crippen LogP contribution in [-0.4, -0.2) is 9.97 Å². The van der Waals surface area contributed by atoms with Crippen LogP contribution >= 0.6 is 27.5 Å². The Kier molecular flexibility index (Phi) is 3.74. The van der Waals surface area contributed by atoms with E-state index in [1.165, 1.54) is 0 Å². The van der Waals surface area contributed by atoms with Crippen LogP contribution < -0.4 is 4.74 Å². The fourth-order valence-corrected chi connectivity index (χ4v) is 1.43. The Morgan fingerprint density at radius 2 is 1.75 bits per heavy atom. The standard InChI is InChI=1S/C11H8BrClN2O/c12-9-5-14-11(15-6-9)16-7-8-1-3-10(13)4-2-8/h1-6H,7H2. The lowest BCUT2D eigenvalue weighted by Gasteiger charge is -2.03. The van der Waals surface area contributed by atoms with Crippen molar-refractivity contribution >= 4 is 27.5 Å². The van der Waals surface area contributed by atoms with Gasteiger partial charge in [0.15, 0.2) is 0 Å². The molecular formula is C11H8BrClN2O. The van der Waals surface area contributed by atoms with E-state index in [1.807, 2.05) is 24.3 Å². The number of rotatable bonds is 3. The highest BCUT2D eigenvalue weighted by atomic mass is 79.9. The maximum atomic E-state index is 5.78. The molecule has 0 aliphatic heterocycles. The first-order chi connectivity index (χ1) is 7.74. The molecule has 5 heteroatoms. The van der Waals surface area contributed by atoms with E-state index in [0.29, 0.717) is 17.6 Å². The summed E-state index contributed by atoms with van der Waals surface area (Å²) in [6, 6.07) is 7.81. The molecule has 0 bridgehead atoms. The molecule has 0 atom stereocenters. The van der Waals surface area contributed by atoms with E-state index in [1.54, 1.807) is 12.4 Å². The van der Waals surface area contributed by atoms with Gasteiger partial charge in [-0.3, -0.25) is 0 Å². The quantitative estimate of drug-likeness (QED) is 0.870. The van der Waals surface area contributed by atoms with E-state index in [4.69, 9.17) is 16.3 Å². The Balaban J connectivity index is 1.97. The highest BCUT2D eigenvalue weighted by Gasteiger charge is 1.98. The van der Waals surface area contributed by atoms with Crippen LogP contribution in [0.5, 0.6) is 6.01 Å². The molecule has 16 heavy (non-hydrogen) atoms. The topological polar surface area (TPSA) is 35.0 Å². The van der Waals surface area contributed by atoms with E-state index in [-0.39, 0.29) is 0 Å². The summed E-state index contributed by atoms with van der Waals surface area (Å²) in [7, 11) is 0. The molecule has 0 saturated carbocycles. The minimum atomic E-state index is 0.359. The van der Waals surface area contributed by atoms with Gasteiger partial charge in [-0.25, -0.2) is 9.97 Å². The second-order valence-electron chi connectivity index (χ2n) is 3.10. The lowest BCUT2D eigenvalue weighted by atomic mass is 10.2. The maximum Gasteiger partial charge on any atom is 0.316 e. The SMILES string of the molecule is Clc1ccc(COc2ncc(Br)cn2)cc1. The van der Waals surface area contributed by atoms with Crippen LogP contribution in [0.25, 0.3) is 0 Å². The number of hydrogen-bond acceptors (Lipinski definition) is 3. The second kappa shape index (κ2) is 5.27. The highest BCUT2D eigenvalue weighted by molar-refractivity contribution is 9.10. The van der Waals surface area contributed by atoms with Gasteiger partial charge in [-0.15, -0.1) is 0 Å². The Bertz CT molecular complexity index is 413. The zero-order valence-corrected chi connectivity index (χ0v) is 10.6. The molecule has 3 nitrogen and oxygen atoms in total. The second-order valence-corrected chi connectivity index (χ2v) is 4.45. The van der Waals surface area contributed by atoms with E-state index < -0.39 is 0 Å². The average Bonchev–Trinajstić information content (AvgIpc) is 2.30. The van der Waals surface area contributed by atoms with Crippen molar-refractivity contribution in [3.63, 3.8) is 0 Å². The Labute approximate surface area is 107 Å². The van der Waals surface area contributed by atoms with Gasteiger partial charge in [0.25, 0.3) is 0 Å². The minimum Gasteiger partial charge on any atom is -0.459 e. The molecule has 0 spiro atoms. The highest BCUT2D eigenvalue weighted by Crippen LogP contribution is 2.12. The Morgan fingerprint density at radius 1 is 1.12 bits per heavy atom. The molecule has 82 valence electrons. The normalized spacial score (nSPS) is 10.1. The lowest BCUT2D eigenvalue weighted by Crippen LogP contribution is -1.98. The van der Waals surface area contributed by atoms with Crippen molar-refractivity contribution in [1.82, 2.24) is 9.97 Å². The first-order valence-electron chi connectivity index (χ1n) is 4.59. The van der Waals surface area contributed by atoms with Crippen LogP contribution in [0.1, 0.15) is 5.56 Å². The first kappa shape index (κ1) is 11.4. The van der Waals surface area contributed by atoms with E-state index in [9.17, 15) is 0 Å². The van der Waals surface area contributed by atoms with Gasteiger partial charge in [-0.2, -0.15) is 0 Å². The van der Waals surface area contributed by atoms with Crippen molar-refractivity contribution < 1.29 is 4.74 Å². The third-order valence-electron chi connectivity index (χ3n) is 1.88. The smallest absolute Gasteiger partial charge is 0.316 e. The monoisotopic (exact) mass is 298 g/mol. The molecule has 0 aliphatic rings. The van der Waals surface area contributed by atoms with Gasteiger partial charge in [0.2, 0.25) is 0 Å². The molecule has 0 radical (unpaired) electrons. The van der Waals surface area contributed by atoms with Gasteiger partial charge < -0.3 is 4.74 Å². The summed E-state index contributed by atoms with van der Waals surface area (Å²) in [5, 5.41) is 0.712. The summed E-state index contributed by atoms with van der Waals surface area (Å²) in [4.78, 5) is 8.01. The van der Waals surface area contributed by atoms with Crippen LogP contribution in [-0.2, 0) is 6.61 Å². The molecule has 0 amide bonds. The van der Waals surface area contributed by atoms with Crippen molar-refractivity contribution in [3.05, 3.63) is 51.7 Å². The fraction of sp³-hybridized carbons (Fsp3) is 0.0909. The number of benzene rings is 1. The number of ether oxygens (including phenoxy) is 1. The van der Waals surface area contributed by atoms with E-state index >= 15 is 0 Å². The molecule has 2 aromatic rings. The van der Waals surface area contributed by atoms with Crippen LogP contribution in [0.3, 0.4) is 0 Å². The van der Waals surface area contributed by atoms with Gasteiger partial charge in [0.1, 0.15) is 6.61 Å². The van der Waals surface area contributed by atoms with Crippen LogP contribution in [0, 0.1) is 0 Å².